The lowest BCUT2D eigenvalue weighted by atomic mass is 10.1. The van der Waals surface area contributed by atoms with E-state index in [1.807, 2.05) is 43.3 Å². The molecule has 5 heteroatoms. The van der Waals surface area contributed by atoms with Gasteiger partial charge in [0.25, 0.3) is 0 Å². The Labute approximate surface area is 129 Å². The Morgan fingerprint density at radius 3 is 2.68 bits per heavy atom. The maximum absolute atomic E-state index is 11.6. The molecule has 2 heterocycles. The zero-order chi connectivity index (χ0) is 15.4. The molecular formula is C17H18N2O3. The molecule has 0 saturated carbocycles. The number of hydrogen-bond acceptors (Lipinski definition) is 4. The summed E-state index contributed by atoms with van der Waals surface area (Å²) in [6.45, 7) is 3.61. The molecule has 1 unspecified atom stereocenters. The predicted molar refractivity (Wildman–Crippen MR) is 81.4 cm³/mol. The number of carbonyl (C=O) groups is 1. The molecule has 1 aliphatic rings. The molecule has 0 N–H and O–H groups in total. The van der Waals surface area contributed by atoms with Crippen molar-refractivity contribution in [3.63, 3.8) is 0 Å². The number of nitrogens with zero attached hydrogens (tertiary/aromatic N) is 2. The topological polar surface area (TPSA) is 51.7 Å². The smallest absolute Gasteiger partial charge is 0.410 e. The number of rotatable bonds is 5. The lowest BCUT2D eigenvalue weighted by Crippen LogP contribution is -2.24. The minimum absolute atomic E-state index is 0.0281. The highest BCUT2D eigenvalue weighted by atomic mass is 16.6. The van der Waals surface area contributed by atoms with Crippen molar-refractivity contribution >= 4 is 6.09 Å². The number of ether oxygens (including phenoxy) is 2. The molecule has 5 nitrogen and oxygen atoms in total. The summed E-state index contributed by atoms with van der Waals surface area (Å²) >= 11 is 0. The third-order valence-corrected chi connectivity index (χ3v) is 3.47. The molecule has 0 radical (unpaired) electrons. The second-order valence-corrected chi connectivity index (χ2v) is 5.37. The van der Waals surface area contributed by atoms with Gasteiger partial charge in [0, 0.05) is 12.7 Å². The summed E-state index contributed by atoms with van der Waals surface area (Å²) in [4.78, 5) is 17.3. The second-order valence-electron chi connectivity index (χ2n) is 5.37. The Kier molecular flexibility index (Phi) is 4.23. The fourth-order valence-corrected chi connectivity index (χ4v) is 2.36. The van der Waals surface area contributed by atoms with E-state index in [4.69, 9.17) is 9.47 Å². The lowest BCUT2D eigenvalue weighted by molar-refractivity contribution is 0.137. The molecule has 1 saturated heterocycles. The van der Waals surface area contributed by atoms with Crippen LogP contribution in [0.1, 0.15) is 18.1 Å². The van der Waals surface area contributed by atoms with Crippen LogP contribution in [0.2, 0.25) is 0 Å². The van der Waals surface area contributed by atoms with Crippen LogP contribution in [0.5, 0.6) is 5.75 Å². The molecule has 22 heavy (non-hydrogen) atoms. The van der Waals surface area contributed by atoms with E-state index in [1.165, 1.54) is 0 Å². The zero-order valence-corrected chi connectivity index (χ0v) is 12.4. The number of amides is 1. The highest BCUT2D eigenvalue weighted by Gasteiger charge is 2.27. The number of carbonyl (C=O) groups excluding carboxylic acids is 1. The van der Waals surface area contributed by atoms with E-state index in [0.717, 1.165) is 16.9 Å². The average molecular weight is 298 g/mol. The molecule has 1 amide bonds. The fraction of sp³-hybridized carbons (Fsp3) is 0.294. The van der Waals surface area contributed by atoms with Gasteiger partial charge in [0.15, 0.2) is 0 Å². The van der Waals surface area contributed by atoms with Gasteiger partial charge in [-0.25, -0.2) is 4.79 Å². The van der Waals surface area contributed by atoms with Gasteiger partial charge in [-0.1, -0.05) is 24.3 Å². The molecule has 114 valence electrons. The monoisotopic (exact) mass is 298 g/mol. The van der Waals surface area contributed by atoms with Gasteiger partial charge < -0.3 is 14.4 Å². The molecule has 0 bridgehead atoms. The summed E-state index contributed by atoms with van der Waals surface area (Å²) in [5.41, 5.74) is 2.15. The first-order valence-corrected chi connectivity index (χ1v) is 7.27. The van der Waals surface area contributed by atoms with Crippen LogP contribution >= 0.6 is 0 Å². The number of benzene rings is 1. The first-order valence-electron chi connectivity index (χ1n) is 7.27. The van der Waals surface area contributed by atoms with Crippen LogP contribution in [0.3, 0.4) is 0 Å². The third-order valence-electron chi connectivity index (χ3n) is 3.47. The third kappa shape index (κ3) is 3.55. The van der Waals surface area contributed by atoms with Gasteiger partial charge in [-0.3, -0.25) is 4.98 Å². The summed E-state index contributed by atoms with van der Waals surface area (Å²) < 4.78 is 10.8. The van der Waals surface area contributed by atoms with E-state index in [0.29, 0.717) is 19.7 Å². The van der Waals surface area contributed by atoms with Crippen LogP contribution in [0.25, 0.3) is 0 Å². The van der Waals surface area contributed by atoms with Crippen molar-refractivity contribution in [2.75, 3.05) is 6.54 Å². The van der Waals surface area contributed by atoms with Crippen molar-refractivity contribution in [1.29, 1.82) is 0 Å². The van der Waals surface area contributed by atoms with E-state index < -0.39 is 0 Å². The molecule has 0 aliphatic carbocycles. The number of cyclic esters (lactones) is 1. The Balaban J connectivity index is 1.55. The fourth-order valence-electron chi connectivity index (χ4n) is 2.36. The van der Waals surface area contributed by atoms with Crippen molar-refractivity contribution in [1.82, 2.24) is 9.88 Å². The minimum Gasteiger partial charge on any atom is -0.487 e. The molecule has 1 atom stereocenters. The van der Waals surface area contributed by atoms with Gasteiger partial charge in [0.05, 0.1) is 12.7 Å². The molecule has 0 spiro atoms. The molecule has 2 aromatic rings. The van der Waals surface area contributed by atoms with Crippen molar-refractivity contribution in [2.45, 2.75) is 26.2 Å². The zero-order valence-electron chi connectivity index (χ0n) is 12.4. The Hall–Kier alpha value is -2.56. The Morgan fingerprint density at radius 1 is 1.27 bits per heavy atom. The van der Waals surface area contributed by atoms with Gasteiger partial charge in [-0.2, -0.15) is 0 Å². The molecular weight excluding hydrogens is 280 g/mol. The normalized spacial score (nSPS) is 17.4. The van der Waals surface area contributed by atoms with Gasteiger partial charge in [-0.05, 0) is 30.2 Å². The van der Waals surface area contributed by atoms with E-state index in [9.17, 15) is 4.79 Å². The number of hydrogen-bond donors (Lipinski definition) is 0. The van der Waals surface area contributed by atoms with Crippen LogP contribution in [0.4, 0.5) is 4.79 Å². The lowest BCUT2D eigenvalue weighted by Gasteiger charge is -2.13. The summed E-state index contributed by atoms with van der Waals surface area (Å²) in [6.07, 6.45) is 3.14. The number of aromatic nitrogens is 1. The Bertz CT molecular complexity index is 628. The van der Waals surface area contributed by atoms with Crippen molar-refractivity contribution < 1.29 is 14.3 Å². The minimum atomic E-state index is -0.239. The van der Waals surface area contributed by atoms with Gasteiger partial charge in [0.2, 0.25) is 0 Å². The average Bonchev–Trinajstić information content (AvgIpc) is 2.85. The SMILES string of the molecule is CC1CN(Cc2ccc(COc3cccnc3)cc2)C(=O)O1. The van der Waals surface area contributed by atoms with Crippen molar-refractivity contribution in [3.05, 3.63) is 59.9 Å². The van der Waals surface area contributed by atoms with Gasteiger partial charge >= 0.3 is 6.09 Å². The summed E-state index contributed by atoms with van der Waals surface area (Å²) in [5, 5.41) is 0. The van der Waals surface area contributed by atoms with E-state index >= 15 is 0 Å². The standard InChI is InChI=1S/C17H18N2O3/c1-13-10-19(17(20)22-13)11-14-4-6-15(7-5-14)12-21-16-3-2-8-18-9-16/h2-9,13H,10-12H2,1H3. The molecule has 1 aromatic carbocycles. The molecule has 1 aliphatic heterocycles. The number of pyridine rings is 1. The quantitative estimate of drug-likeness (QED) is 0.851. The van der Waals surface area contributed by atoms with Crippen LogP contribution in [0, 0.1) is 0 Å². The maximum atomic E-state index is 11.6. The van der Waals surface area contributed by atoms with Crippen LogP contribution < -0.4 is 4.74 Å². The van der Waals surface area contributed by atoms with Crippen LogP contribution in [0.15, 0.2) is 48.8 Å². The van der Waals surface area contributed by atoms with Crippen LogP contribution in [-0.4, -0.2) is 28.6 Å². The van der Waals surface area contributed by atoms with Crippen molar-refractivity contribution in [2.24, 2.45) is 0 Å². The van der Waals surface area contributed by atoms with Gasteiger partial charge in [-0.15, -0.1) is 0 Å². The van der Waals surface area contributed by atoms with E-state index in [-0.39, 0.29) is 12.2 Å². The summed E-state index contributed by atoms with van der Waals surface area (Å²) in [5.74, 6) is 0.750. The first-order chi connectivity index (χ1) is 10.7. The maximum Gasteiger partial charge on any atom is 0.410 e. The highest BCUT2D eigenvalue weighted by Crippen LogP contribution is 2.16. The van der Waals surface area contributed by atoms with Gasteiger partial charge in [0.1, 0.15) is 18.5 Å². The second kappa shape index (κ2) is 6.47. The molecule has 1 fully saturated rings. The largest absolute Gasteiger partial charge is 0.487 e. The van der Waals surface area contributed by atoms with E-state index in [2.05, 4.69) is 4.98 Å². The first kappa shape index (κ1) is 14.4. The Morgan fingerprint density at radius 2 is 2.05 bits per heavy atom. The molecule has 1 aromatic heterocycles. The summed E-state index contributed by atoms with van der Waals surface area (Å²) in [7, 11) is 0. The summed E-state index contributed by atoms with van der Waals surface area (Å²) in [6, 6.07) is 11.8. The molecule has 3 rings (SSSR count). The van der Waals surface area contributed by atoms with Crippen LogP contribution in [-0.2, 0) is 17.9 Å². The predicted octanol–water partition coefficient (Wildman–Crippen LogP) is 3.00. The highest BCUT2D eigenvalue weighted by molar-refractivity contribution is 5.69. The van der Waals surface area contributed by atoms with E-state index in [1.54, 1.807) is 17.3 Å². The van der Waals surface area contributed by atoms with Crippen molar-refractivity contribution in [3.8, 4) is 5.75 Å².